The molecule has 1 aromatic carbocycles. The van der Waals surface area contributed by atoms with Crippen LogP contribution >= 0.6 is 0 Å². The molecule has 1 aromatic rings. The third kappa shape index (κ3) is 4.99. The van der Waals surface area contributed by atoms with E-state index in [1.807, 2.05) is 4.90 Å². The van der Waals surface area contributed by atoms with Gasteiger partial charge in [0, 0.05) is 50.8 Å². The van der Waals surface area contributed by atoms with Crippen LogP contribution in [0.4, 0.5) is 14.5 Å². The van der Waals surface area contributed by atoms with E-state index in [1.165, 1.54) is 4.90 Å². The van der Waals surface area contributed by atoms with Crippen molar-refractivity contribution in [1.82, 2.24) is 9.80 Å². The summed E-state index contributed by atoms with van der Waals surface area (Å²) in [5, 5.41) is 2.82. The first kappa shape index (κ1) is 20.8. The molecule has 8 nitrogen and oxygen atoms in total. The number of ether oxygens (including phenoxy) is 3. The summed E-state index contributed by atoms with van der Waals surface area (Å²) in [7, 11) is 0. The maximum atomic E-state index is 13.3. The van der Waals surface area contributed by atoms with Gasteiger partial charge in [0.2, 0.25) is 5.91 Å². The van der Waals surface area contributed by atoms with Crippen LogP contribution in [0, 0.1) is 0 Å². The lowest BCUT2D eigenvalue weighted by molar-refractivity contribution is -0.155. The van der Waals surface area contributed by atoms with Crippen molar-refractivity contribution in [3.8, 4) is 11.5 Å². The van der Waals surface area contributed by atoms with Crippen LogP contribution < -0.4 is 14.8 Å². The number of nitrogens with zero attached hydrogens (tertiary/aromatic N) is 2. The van der Waals surface area contributed by atoms with Crippen molar-refractivity contribution in [3.05, 3.63) is 18.2 Å². The van der Waals surface area contributed by atoms with Gasteiger partial charge in [-0.3, -0.25) is 14.5 Å². The number of anilines is 1. The molecule has 0 saturated carbocycles. The number of nitrogens with one attached hydrogen (secondary N) is 1. The minimum atomic E-state index is -2.71. The first-order valence-corrected chi connectivity index (χ1v) is 10.1. The zero-order valence-corrected chi connectivity index (χ0v) is 16.6. The molecule has 164 valence electrons. The molecule has 0 bridgehead atoms. The lowest BCUT2D eigenvalue weighted by Crippen LogP contribution is -2.54. The van der Waals surface area contributed by atoms with Gasteiger partial charge in [0.25, 0.3) is 11.8 Å². The number of likely N-dealkylation sites (tertiary alicyclic amines) is 1. The van der Waals surface area contributed by atoms with E-state index in [9.17, 15) is 18.4 Å². The average molecular weight is 425 g/mol. The van der Waals surface area contributed by atoms with Crippen molar-refractivity contribution in [3.63, 3.8) is 0 Å². The third-order valence-electron chi connectivity index (χ3n) is 5.43. The molecule has 3 aliphatic rings. The standard InChI is InChI=1S/C20H25F2N3O5/c21-20(22)3-5-25(6-4-20)19(27)17-12-24(7-8-28-17)13-18(26)23-14-1-2-15-16(11-14)30-10-9-29-15/h1-2,11,17H,3-10,12-13H2,(H,23,26). The normalized spacial score (nSPS) is 23.7. The number of carbonyl (C=O) groups excluding carboxylic acids is 2. The Morgan fingerprint density at radius 3 is 2.57 bits per heavy atom. The summed E-state index contributed by atoms with van der Waals surface area (Å²) >= 11 is 0. The summed E-state index contributed by atoms with van der Waals surface area (Å²) in [6, 6.07) is 5.20. The van der Waals surface area contributed by atoms with Gasteiger partial charge in [0.15, 0.2) is 11.5 Å². The van der Waals surface area contributed by atoms with E-state index in [0.29, 0.717) is 43.6 Å². The first-order chi connectivity index (χ1) is 14.4. The number of amides is 2. The molecule has 0 radical (unpaired) electrons. The van der Waals surface area contributed by atoms with Crippen LogP contribution in [-0.2, 0) is 14.3 Å². The van der Waals surface area contributed by atoms with E-state index >= 15 is 0 Å². The maximum absolute atomic E-state index is 13.3. The molecule has 3 aliphatic heterocycles. The van der Waals surface area contributed by atoms with E-state index < -0.39 is 12.0 Å². The molecule has 4 rings (SSSR count). The predicted molar refractivity (Wildman–Crippen MR) is 103 cm³/mol. The molecule has 0 spiro atoms. The Balaban J connectivity index is 1.28. The SMILES string of the molecule is O=C(CN1CCOC(C(=O)N2CCC(F)(F)CC2)C1)Nc1ccc2c(c1)OCCO2. The van der Waals surface area contributed by atoms with E-state index in [0.717, 1.165) is 0 Å². The van der Waals surface area contributed by atoms with Crippen molar-refractivity contribution < 1.29 is 32.6 Å². The molecule has 2 fully saturated rings. The number of hydrogen-bond donors (Lipinski definition) is 1. The van der Waals surface area contributed by atoms with Crippen LogP contribution in [0.5, 0.6) is 11.5 Å². The number of fused-ring (bicyclic) bond motifs is 1. The van der Waals surface area contributed by atoms with Gasteiger partial charge in [-0.25, -0.2) is 8.78 Å². The molecule has 2 amide bonds. The molecular weight excluding hydrogens is 400 g/mol. The maximum Gasteiger partial charge on any atom is 0.253 e. The summed E-state index contributed by atoms with van der Waals surface area (Å²) in [5.41, 5.74) is 0.597. The van der Waals surface area contributed by atoms with E-state index in [-0.39, 0.29) is 50.8 Å². The summed E-state index contributed by atoms with van der Waals surface area (Å²) in [6.45, 7) is 2.17. The number of alkyl halides is 2. The molecular formula is C20H25F2N3O5. The highest BCUT2D eigenvalue weighted by atomic mass is 19.3. The first-order valence-electron chi connectivity index (χ1n) is 10.1. The molecule has 0 aliphatic carbocycles. The number of rotatable bonds is 4. The summed E-state index contributed by atoms with van der Waals surface area (Å²) in [5.74, 6) is -1.99. The lowest BCUT2D eigenvalue weighted by atomic mass is 10.1. The van der Waals surface area contributed by atoms with E-state index in [2.05, 4.69) is 5.32 Å². The Bertz CT molecular complexity index is 797. The lowest BCUT2D eigenvalue weighted by Gasteiger charge is -2.37. The minimum absolute atomic E-state index is 0.0241. The Kier molecular flexibility index (Phi) is 6.05. The fraction of sp³-hybridized carbons (Fsp3) is 0.600. The van der Waals surface area contributed by atoms with Crippen molar-refractivity contribution in [2.75, 3.05) is 57.9 Å². The Morgan fingerprint density at radius 2 is 1.80 bits per heavy atom. The average Bonchev–Trinajstić information content (AvgIpc) is 2.73. The monoisotopic (exact) mass is 425 g/mol. The molecule has 10 heteroatoms. The third-order valence-corrected chi connectivity index (χ3v) is 5.43. The number of benzene rings is 1. The van der Waals surface area contributed by atoms with Gasteiger partial charge in [-0.1, -0.05) is 0 Å². The number of carbonyl (C=O) groups is 2. The van der Waals surface area contributed by atoms with Crippen LogP contribution in [0.25, 0.3) is 0 Å². The second-order valence-corrected chi connectivity index (χ2v) is 7.68. The van der Waals surface area contributed by atoms with Crippen molar-refractivity contribution in [2.45, 2.75) is 24.9 Å². The van der Waals surface area contributed by atoms with E-state index in [1.54, 1.807) is 18.2 Å². The van der Waals surface area contributed by atoms with E-state index in [4.69, 9.17) is 14.2 Å². The zero-order chi connectivity index (χ0) is 21.1. The predicted octanol–water partition coefficient (Wildman–Crippen LogP) is 1.35. The molecule has 2 saturated heterocycles. The topological polar surface area (TPSA) is 80.3 Å². The van der Waals surface area contributed by atoms with Crippen LogP contribution in [-0.4, -0.2) is 86.2 Å². The van der Waals surface area contributed by atoms with Crippen LogP contribution in [0.2, 0.25) is 0 Å². The number of morpholine rings is 1. The Morgan fingerprint density at radius 1 is 1.07 bits per heavy atom. The molecule has 3 heterocycles. The minimum Gasteiger partial charge on any atom is -0.486 e. The van der Waals surface area contributed by atoms with Crippen LogP contribution in [0.15, 0.2) is 18.2 Å². The summed E-state index contributed by atoms with van der Waals surface area (Å²) in [4.78, 5) is 28.3. The van der Waals surface area contributed by atoms with Gasteiger partial charge in [-0.2, -0.15) is 0 Å². The second kappa shape index (κ2) is 8.73. The molecule has 1 atom stereocenters. The quantitative estimate of drug-likeness (QED) is 0.785. The number of hydrogen-bond acceptors (Lipinski definition) is 6. The van der Waals surface area contributed by atoms with Gasteiger partial charge in [0.1, 0.15) is 19.3 Å². The largest absolute Gasteiger partial charge is 0.486 e. The van der Waals surface area contributed by atoms with Gasteiger partial charge in [-0.15, -0.1) is 0 Å². The van der Waals surface area contributed by atoms with Crippen LogP contribution in [0.1, 0.15) is 12.8 Å². The highest BCUT2D eigenvalue weighted by Crippen LogP contribution is 2.32. The van der Waals surface area contributed by atoms with Gasteiger partial charge >= 0.3 is 0 Å². The fourth-order valence-electron chi connectivity index (χ4n) is 3.78. The molecule has 30 heavy (non-hydrogen) atoms. The van der Waals surface area contributed by atoms with Crippen molar-refractivity contribution in [2.24, 2.45) is 0 Å². The molecule has 1 N–H and O–H groups in total. The van der Waals surface area contributed by atoms with Gasteiger partial charge in [-0.05, 0) is 12.1 Å². The molecule has 0 aromatic heterocycles. The second-order valence-electron chi connectivity index (χ2n) is 7.68. The Hall–Kier alpha value is -2.46. The van der Waals surface area contributed by atoms with Gasteiger partial charge < -0.3 is 24.4 Å². The zero-order valence-electron chi connectivity index (χ0n) is 16.6. The number of halogens is 2. The Labute approximate surface area is 173 Å². The van der Waals surface area contributed by atoms with Gasteiger partial charge in [0.05, 0.1) is 13.2 Å². The summed E-state index contributed by atoms with van der Waals surface area (Å²) < 4.78 is 43.2. The summed E-state index contributed by atoms with van der Waals surface area (Å²) in [6.07, 6.45) is -1.40. The number of piperidine rings is 1. The highest BCUT2D eigenvalue weighted by Gasteiger charge is 2.38. The van der Waals surface area contributed by atoms with Crippen molar-refractivity contribution in [1.29, 1.82) is 0 Å². The van der Waals surface area contributed by atoms with Crippen LogP contribution in [0.3, 0.4) is 0 Å². The molecule has 1 unspecified atom stereocenters. The highest BCUT2D eigenvalue weighted by molar-refractivity contribution is 5.92. The smallest absolute Gasteiger partial charge is 0.253 e. The van der Waals surface area contributed by atoms with Crippen molar-refractivity contribution >= 4 is 17.5 Å². The fourth-order valence-corrected chi connectivity index (χ4v) is 3.78.